The Morgan fingerprint density at radius 1 is 1.08 bits per heavy atom. The number of methoxy groups -OCH3 is 1. The van der Waals surface area contributed by atoms with Crippen LogP contribution < -0.4 is 9.46 Å². The number of rotatable bonds is 9. The molecular formula is C21H19F3N6O5S. The summed E-state index contributed by atoms with van der Waals surface area (Å²) in [5, 5.41) is 3.68. The first-order valence-corrected chi connectivity index (χ1v) is 12.0. The van der Waals surface area contributed by atoms with Crippen molar-refractivity contribution in [3.05, 3.63) is 54.0 Å². The SMILES string of the molecule is COCCS(=O)(=O)Nc1nc2ccccc2nc1OC(c1ccc(-c2noc(C)n2)nc1)C(F)(F)F. The maximum Gasteiger partial charge on any atom is 0.429 e. The molecule has 0 saturated carbocycles. The third kappa shape index (κ3) is 5.85. The van der Waals surface area contributed by atoms with Gasteiger partial charge in [-0.25, -0.2) is 18.4 Å². The Labute approximate surface area is 202 Å². The van der Waals surface area contributed by atoms with Crippen LogP contribution in [0.25, 0.3) is 22.6 Å². The molecule has 0 spiro atoms. The van der Waals surface area contributed by atoms with Crippen LogP contribution in [0.4, 0.5) is 19.0 Å². The number of benzene rings is 1. The number of nitrogens with one attached hydrogen (secondary N) is 1. The van der Waals surface area contributed by atoms with Gasteiger partial charge in [0.05, 0.1) is 23.4 Å². The molecule has 15 heteroatoms. The first-order valence-electron chi connectivity index (χ1n) is 10.3. The summed E-state index contributed by atoms with van der Waals surface area (Å²) >= 11 is 0. The fourth-order valence-electron chi connectivity index (χ4n) is 3.06. The molecule has 0 aliphatic heterocycles. The smallest absolute Gasteiger partial charge is 0.429 e. The first-order chi connectivity index (χ1) is 17.1. The number of aromatic nitrogens is 5. The van der Waals surface area contributed by atoms with Crippen LogP contribution in [-0.2, 0) is 14.8 Å². The molecule has 0 bridgehead atoms. The number of para-hydroxylation sites is 2. The monoisotopic (exact) mass is 524 g/mol. The van der Waals surface area contributed by atoms with Gasteiger partial charge in [-0.05, 0) is 18.2 Å². The molecule has 4 rings (SSSR count). The number of aryl methyl sites for hydroxylation is 1. The minimum Gasteiger partial charge on any atom is -0.457 e. The molecule has 1 unspecified atom stereocenters. The predicted molar refractivity (Wildman–Crippen MR) is 121 cm³/mol. The summed E-state index contributed by atoms with van der Waals surface area (Å²) in [4.78, 5) is 16.2. The summed E-state index contributed by atoms with van der Waals surface area (Å²) in [5.41, 5.74) is 0.275. The Hall–Kier alpha value is -3.85. The molecule has 1 aromatic carbocycles. The quantitative estimate of drug-likeness (QED) is 0.346. The fraction of sp³-hybridized carbons (Fsp3) is 0.286. The summed E-state index contributed by atoms with van der Waals surface area (Å²) in [7, 11) is -2.72. The molecule has 1 N–H and O–H groups in total. The highest BCUT2D eigenvalue weighted by atomic mass is 32.2. The standard InChI is InChI=1S/C21H19F3N6O5S/c1-12-26-18(29-35-12)16-8-7-13(11-25-16)17(21(22,23)24)34-20-19(30-36(31,32)10-9-33-2)27-14-5-3-4-6-15(14)28-20/h3-8,11,17H,9-10H2,1-2H3,(H,27,30). The number of pyridine rings is 1. The van der Waals surface area contributed by atoms with Crippen molar-refractivity contribution in [1.82, 2.24) is 25.1 Å². The lowest BCUT2D eigenvalue weighted by molar-refractivity contribution is -0.198. The van der Waals surface area contributed by atoms with Crippen LogP contribution >= 0.6 is 0 Å². The second kappa shape index (κ2) is 10.0. The Morgan fingerprint density at radius 3 is 2.39 bits per heavy atom. The first kappa shape index (κ1) is 25.2. The van der Waals surface area contributed by atoms with Gasteiger partial charge in [0, 0.05) is 25.8 Å². The van der Waals surface area contributed by atoms with Crippen molar-refractivity contribution < 1.29 is 35.6 Å². The van der Waals surface area contributed by atoms with Crippen LogP contribution in [0.15, 0.2) is 47.1 Å². The highest BCUT2D eigenvalue weighted by Crippen LogP contribution is 2.38. The lowest BCUT2D eigenvalue weighted by Crippen LogP contribution is -2.28. The third-order valence-corrected chi connectivity index (χ3v) is 5.93. The van der Waals surface area contributed by atoms with Crippen LogP contribution in [0.5, 0.6) is 5.88 Å². The number of anilines is 1. The fourth-order valence-corrected chi connectivity index (χ4v) is 3.97. The van der Waals surface area contributed by atoms with Gasteiger partial charge in [-0.1, -0.05) is 23.4 Å². The summed E-state index contributed by atoms with van der Waals surface area (Å²) in [6, 6.07) is 8.68. The topological polar surface area (TPSA) is 142 Å². The number of fused-ring (bicyclic) bond motifs is 1. The molecule has 11 nitrogen and oxygen atoms in total. The average molecular weight is 524 g/mol. The average Bonchev–Trinajstić information content (AvgIpc) is 3.27. The zero-order chi connectivity index (χ0) is 25.9. The molecular weight excluding hydrogens is 505 g/mol. The molecule has 4 aromatic rings. The van der Waals surface area contributed by atoms with Gasteiger partial charge < -0.3 is 14.0 Å². The van der Waals surface area contributed by atoms with Crippen molar-refractivity contribution in [1.29, 1.82) is 0 Å². The third-order valence-electron chi connectivity index (χ3n) is 4.72. The molecule has 0 fully saturated rings. The van der Waals surface area contributed by atoms with Gasteiger partial charge in [-0.15, -0.1) is 0 Å². The van der Waals surface area contributed by atoms with Crippen LogP contribution in [0.2, 0.25) is 0 Å². The Morgan fingerprint density at radius 2 is 1.81 bits per heavy atom. The van der Waals surface area contributed by atoms with E-state index in [1.807, 2.05) is 0 Å². The second-order valence-electron chi connectivity index (χ2n) is 7.43. The molecule has 0 aliphatic carbocycles. The Balaban J connectivity index is 1.72. The minimum absolute atomic E-state index is 0.108. The predicted octanol–water partition coefficient (Wildman–Crippen LogP) is 3.45. The molecule has 1 atom stereocenters. The maximum atomic E-state index is 14.1. The van der Waals surface area contributed by atoms with E-state index in [4.69, 9.17) is 14.0 Å². The van der Waals surface area contributed by atoms with E-state index in [1.54, 1.807) is 19.1 Å². The van der Waals surface area contributed by atoms with E-state index in [0.717, 1.165) is 12.3 Å². The van der Waals surface area contributed by atoms with Crippen molar-refractivity contribution in [2.24, 2.45) is 0 Å². The number of alkyl halides is 3. The second-order valence-corrected chi connectivity index (χ2v) is 9.27. The van der Waals surface area contributed by atoms with Gasteiger partial charge in [0.15, 0.2) is 0 Å². The van der Waals surface area contributed by atoms with Gasteiger partial charge in [-0.2, -0.15) is 18.2 Å². The Bertz CT molecular complexity index is 1460. The summed E-state index contributed by atoms with van der Waals surface area (Å²) in [5.74, 6) is -1.23. The van der Waals surface area contributed by atoms with Crippen LogP contribution in [0.3, 0.4) is 0 Å². The van der Waals surface area contributed by atoms with E-state index < -0.39 is 39.8 Å². The number of nitrogens with zero attached hydrogens (tertiary/aromatic N) is 5. The largest absolute Gasteiger partial charge is 0.457 e. The van der Waals surface area contributed by atoms with Gasteiger partial charge in [0.1, 0.15) is 5.69 Å². The zero-order valence-corrected chi connectivity index (χ0v) is 19.7. The van der Waals surface area contributed by atoms with Crippen molar-refractivity contribution >= 4 is 26.9 Å². The zero-order valence-electron chi connectivity index (χ0n) is 18.9. The molecule has 3 heterocycles. The van der Waals surface area contributed by atoms with Crippen LogP contribution in [0, 0.1) is 6.92 Å². The lowest BCUT2D eigenvalue weighted by Gasteiger charge is -2.22. The van der Waals surface area contributed by atoms with E-state index in [0.29, 0.717) is 0 Å². The molecule has 0 radical (unpaired) electrons. The summed E-state index contributed by atoms with van der Waals surface area (Å²) in [6.07, 6.45) is -6.50. The molecule has 36 heavy (non-hydrogen) atoms. The van der Waals surface area contributed by atoms with Crippen molar-refractivity contribution in [3.63, 3.8) is 0 Å². The van der Waals surface area contributed by atoms with Crippen molar-refractivity contribution in [2.75, 3.05) is 24.2 Å². The number of halogens is 3. The van der Waals surface area contributed by atoms with E-state index in [1.165, 1.54) is 25.3 Å². The molecule has 190 valence electrons. The van der Waals surface area contributed by atoms with E-state index in [9.17, 15) is 21.6 Å². The van der Waals surface area contributed by atoms with Crippen LogP contribution in [0.1, 0.15) is 17.6 Å². The number of sulfonamides is 1. The number of ether oxygens (including phenoxy) is 2. The number of hydrogen-bond donors (Lipinski definition) is 1. The highest BCUT2D eigenvalue weighted by molar-refractivity contribution is 7.92. The summed E-state index contributed by atoms with van der Waals surface area (Å²) < 4.78 is 84.1. The summed E-state index contributed by atoms with van der Waals surface area (Å²) in [6.45, 7) is 1.42. The van der Waals surface area contributed by atoms with Gasteiger partial charge >= 0.3 is 6.18 Å². The molecule has 0 aliphatic rings. The lowest BCUT2D eigenvalue weighted by atomic mass is 10.1. The maximum absolute atomic E-state index is 14.1. The van der Waals surface area contributed by atoms with Gasteiger partial charge in [-0.3, -0.25) is 9.71 Å². The highest BCUT2D eigenvalue weighted by Gasteiger charge is 2.44. The number of hydrogen-bond acceptors (Lipinski definition) is 10. The van der Waals surface area contributed by atoms with Gasteiger partial charge in [0.25, 0.3) is 5.88 Å². The van der Waals surface area contributed by atoms with Gasteiger partial charge in [0.2, 0.25) is 33.7 Å². The molecule has 0 saturated heterocycles. The van der Waals surface area contributed by atoms with Crippen molar-refractivity contribution in [3.8, 4) is 17.4 Å². The normalized spacial score (nSPS) is 13.0. The van der Waals surface area contributed by atoms with Crippen molar-refractivity contribution in [2.45, 2.75) is 19.2 Å². The molecule has 0 amide bonds. The van der Waals surface area contributed by atoms with Crippen LogP contribution in [-0.4, -0.2) is 59.2 Å². The van der Waals surface area contributed by atoms with E-state index in [-0.39, 0.29) is 40.6 Å². The van der Waals surface area contributed by atoms with E-state index in [2.05, 4.69) is 29.8 Å². The Kier molecular flexibility index (Phi) is 7.03. The van der Waals surface area contributed by atoms with E-state index >= 15 is 0 Å². The minimum atomic E-state index is -4.91. The molecule has 3 aromatic heterocycles.